The normalized spacial score (nSPS) is 10.8. The van der Waals surface area contributed by atoms with Gasteiger partial charge in [0, 0.05) is 11.4 Å². The van der Waals surface area contributed by atoms with E-state index in [4.69, 9.17) is 16.8 Å². The molecule has 90 valence electrons. The van der Waals surface area contributed by atoms with Crippen LogP contribution in [0.3, 0.4) is 0 Å². The van der Waals surface area contributed by atoms with E-state index in [9.17, 15) is 4.79 Å². The average molecular weight is 236 g/mol. The van der Waals surface area contributed by atoms with Crippen molar-refractivity contribution in [3.63, 3.8) is 0 Å². The molecule has 0 atom stereocenters. The Kier molecular flexibility index (Phi) is 4.31. The molecule has 0 aromatic heterocycles. The van der Waals surface area contributed by atoms with Crippen molar-refractivity contribution in [1.29, 1.82) is 0 Å². The molecule has 0 spiro atoms. The zero-order chi connectivity index (χ0) is 12.7. The Bertz CT molecular complexity index is 425. The van der Waals surface area contributed by atoms with Crippen LogP contribution in [0.25, 0.3) is 0 Å². The number of nitrogens with two attached hydrogens (primary N) is 2. The Morgan fingerprint density at radius 1 is 1.12 bits per heavy atom. The van der Waals surface area contributed by atoms with Crippen LogP contribution in [0.2, 0.25) is 0 Å². The zero-order valence-corrected chi connectivity index (χ0v) is 8.79. The van der Waals surface area contributed by atoms with Gasteiger partial charge in [0.1, 0.15) is 12.7 Å². The van der Waals surface area contributed by atoms with E-state index < -0.39 is 5.97 Å². The summed E-state index contributed by atoms with van der Waals surface area (Å²) in [6.07, 6.45) is 2.48. The van der Waals surface area contributed by atoms with E-state index in [0.29, 0.717) is 11.4 Å². The molecule has 0 aliphatic rings. The van der Waals surface area contributed by atoms with Gasteiger partial charge in [-0.25, -0.2) is 4.79 Å². The monoisotopic (exact) mass is 236 g/mol. The number of carboxylic acids is 1. The number of rotatable bonds is 5. The summed E-state index contributed by atoms with van der Waals surface area (Å²) < 4.78 is 0. The molecule has 0 amide bonds. The van der Waals surface area contributed by atoms with Crippen molar-refractivity contribution in [2.24, 2.45) is 21.9 Å². The van der Waals surface area contributed by atoms with Crippen LogP contribution in [0.1, 0.15) is 10.4 Å². The molecule has 0 aliphatic carbocycles. The Morgan fingerprint density at radius 2 is 1.59 bits per heavy atom. The summed E-state index contributed by atoms with van der Waals surface area (Å²) in [6.45, 7) is 0. The van der Waals surface area contributed by atoms with E-state index in [-0.39, 0.29) is 5.56 Å². The van der Waals surface area contributed by atoms with Crippen LogP contribution in [0.15, 0.2) is 28.4 Å². The van der Waals surface area contributed by atoms with Crippen LogP contribution >= 0.6 is 0 Å². The number of anilines is 2. The smallest absolute Gasteiger partial charge is 0.335 e. The number of aromatic carboxylic acids is 1. The molecule has 0 unspecified atom stereocenters. The topological polar surface area (TPSA) is 138 Å². The second kappa shape index (κ2) is 5.95. The SMILES string of the molecule is NN=CNc1cc(NC=NN)cc(C(=O)O)c1. The summed E-state index contributed by atoms with van der Waals surface area (Å²) in [7, 11) is 0. The summed E-state index contributed by atoms with van der Waals surface area (Å²) in [4.78, 5) is 10.9. The molecule has 0 bridgehead atoms. The largest absolute Gasteiger partial charge is 0.478 e. The Hall–Kier alpha value is -2.77. The standard InChI is InChI=1S/C9H12N6O2/c10-14-4-12-7-1-6(9(16)17)2-8(3-7)13-5-15-11/h1-5H,10-11H2,(H,12,14)(H,13,15)(H,16,17). The fourth-order valence-electron chi connectivity index (χ4n) is 1.14. The molecule has 7 N–H and O–H groups in total. The zero-order valence-electron chi connectivity index (χ0n) is 8.79. The average Bonchev–Trinajstić information content (AvgIpc) is 2.33. The molecule has 0 fully saturated rings. The second-order valence-electron chi connectivity index (χ2n) is 2.95. The molecule has 1 aromatic carbocycles. The van der Waals surface area contributed by atoms with E-state index >= 15 is 0 Å². The number of carboxylic acid groups (broad SMARTS) is 1. The Labute approximate surface area is 97.0 Å². The van der Waals surface area contributed by atoms with Crippen molar-refractivity contribution in [2.75, 3.05) is 10.6 Å². The third-order valence-electron chi connectivity index (χ3n) is 1.79. The second-order valence-corrected chi connectivity index (χ2v) is 2.95. The van der Waals surface area contributed by atoms with Gasteiger partial charge >= 0.3 is 5.97 Å². The lowest BCUT2D eigenvalue weighted by Gasteiger charge is -2.06. The van der Waals surface area contributed by atoms with Crippen LogP contribution in [-0.4, -0.2) is 23.8 Å². The first-order chi connectivity index (χ1) is 8.17. The van der Waals surface area contributed by atoms with Gasteiger partial charge in [0.2, 0.25) is 0 Å². The van der Waals surface area contributed by atoms with Crippen molar-refractivity contribution in [1.82, 2.24) is 0 Å². The van der Waals surface area contributed by atoms with E-state index in [1.54, 1.807) is 6.07 Å². The third-order valence-corrected chi connectivity index (χ3v) is 1.79. The molecule has 8 heteroatoms. The van der Waals surface area contributed by atoms with E-state index in [1.165, 1.54) is 24.8 Å². The number of carbonyl (C=O) groups is 1. The minimum atomic E-state index is -1.05. The minimum absolute atomic E-state index is 0.105. The summed E-state index contributed by atoms with van der Waals surface area (Å²) in [5.74, 6) is 8.81. The van der Waals surface area contributed by atoms with Crippen LogP contribution in [-0.2, 0) is 0 Å². The van der Waals surface area contributed by atoms with Crippen molar-refractivity contribution >= 4 is 30.0 Å². The Morgan fingerprint density at radius 3 is 1.94 bits per heavy atom. The molecule has 1 aromatic rings. The quantitative estimate of drug-likeness (QED) is 0.211. The number of nitrogens with one attached hydrogen (secondary N) is 2. The fraction of sp³-hybridized carbons (Fsp3) is 0. The molecule has 1 rings (SSSR count). The molecule has 0 aliphatic heterocycles. The van der Waals surface area contributed by atoms with Gasteiger partial charge in [0.05, 0.1) is 5.56 Å². The maximum absolute atomic E-state index is 10.9. The summed E-state index contributed by atoms with van der Waals surface area (Å²) in [5, 5.41) is 20.8. The predicted octanol–water partition coefficient (Wildman–Crippen LogP) is 0.0126. The maximum Gasteiger partial charge on any atom is 0.335 e. The van der Waals surface area contributed by atoms with Gasteiger partial charge in [-0.15, -0.1) is 0 Å². The van der Waals surface area contributed by atoms with E-state index in [0.717, 1.165) is 0 Å². The number of hydrazone groups is 2. The first-order valence-electron chi connectivity index (χ1n) is 4.52. The number of nitrogens with zero attached hydrogens (tertiary/aromatic N) is 2. The lowest BCUT2D eigenvalue weighted by atomic mass is 10.1. The van der Waals surface area contributed by atoms with Gasteiger partial charge in [-0.2, -0.15) is 10.2 Å². The van der Waals surface area contributed by atoms with Crippen LogP contribution in [0, 0.1) is 0 Å². The lowest BCUT2D eigenvalue weighted by Crippen LogP contribution is -2.04. The molecular formula is C9H12N6O2. The van der Waals surface area contributed by atoms with Crippen molar-refractivity contribution in [3.05, 3.63) is 23.8 Å². The molecule has 0 saturated carbocycles. The first-order valence-corrected chi connectivity index (χ1v) is 4.52. The van der Waals surface area contributed by atoms with Gasteiger partial charge in [-0.3, -0.25) is 0 Å². The van der Waals surface area contributed by atoms with Crippen LogP contribution in [0.5, 0.6) is 0 Å². The summed E-state index contributed by atoms with van der Waals surface area (Å²) >= 11 is 0. The molecule has 0 saturated heterocycles. The van der Waals surface area contributed by atoms with E-state index in [1.807, 2.05) is 0 Å². The van der Waals surface area contributed by atoms with Crippen molar-refractivity contribution < 1.29 is 9.90 Å². The maximum atomic E-state index is 10.9. The number of hydrogen-bond donors (Lipinski definition) is 5. The Balaban J connectivity index is 3.04. The van der Waals surface area contributed by atoms with Crippen molar-refractivity contribution in [2.45, 2.75) is 0 Å². The highest BCUT2D eigenvalue weighted by Crippen LogP contribution is 2.18. The fourth-order valence-corrected chi connectivity index (χ4v) is 1.14. The molecule has 17 heavy (non-hydrogen) atoms. The van der Waals surface area contributed by atoms with Gasteiger partial charge in [-0.05, 0) is 18.2 Å². The van der Waals surface area contributed by atoms with Crippen LogP contribution < -0.4 is 22.3 Å². The van der Waals surface area contributed by atoms with Gasteiger partial charge in [0.15, 0.2) is 0 Å². The first kappa shape index (κ1) is 12.3. The lowest BCUT2D eigenvalue weighted by molar-refractivity contribution is 0.0697. The van der Waals surface area contributed by atoms with Gasteiger partial charge in [-0.1, -0.05) is 0 Å². The minimum Gasteiger partial charge on any atom is -0.478 e. The van der Waals surface area contributed by atoms with Gasteiger partial charge in [0.25, 0.3) is 0 Å². The molecule has 0 heterocycles. The molecular weight excluding hydrogens is 224 g/mol. The van der Waals surface area contributed by atoms with Crippen molar-refractivity contribution in [3.8, 4) is 0 Å². The highest BCUT2D eigenvalue weighted by molar-refractivity contribution is 5.93. The summed E-state index contributed by atoms with van der Waals surface area (Å²) in [5.41, 5.74) is 1.15. The summed E-state index contributed by atoms with van der Waals surface area (Å²) in [6, 6.07) is 4.53. The number of benzene rings is 1. The molecule has 0 radical (unpaired) electrons. The predicted molar refractivity (Wildman–Crippen MR) is 66.0 cm³/mol. The highest BCUT2D eigenvalue weighted by Gasteiger charge is 2.06. The van der Waals surface area contributed by atoms with Gasteiger partial charge < -0.3 is 27.4 Å². The molecule has 8 nitrogen and oxygen atoms in total. The highest BCUT2D eigenvalue weighted by atomic mass is 16.4. The third kappa shape index (κ3) is 3.70. The van der Waals surface area contributed by atoms with Crippen LogP contribution in [0.4, 0.5) is 11.4 Å². The van der Waals surface area contributed by atoms with E-state index in [2.05, 4.69) is 20.8 Å². The number of hydrogen-bond acceptors (Lipinski definition) is 5.